The van der Waals surface area contributed by atoms with Gasteiger partial charge >= 0.3 is 0 Å². The highest BCUT2D eigenvalue weighted by Crippen LogP contribution is 2.34. The van der Waals surface area contributed by atoms with Crippen molar-refractivity contribution >= 4 is 5.78 Å². The Morgan fingerprint density at radius 3 is 2.62 bits per heavy atom. The Bertz CT molecular complexity index is 261. The summed E-state index contributed by atoms with van der Waals surface area (Å²) in [6, 6.07) is 0. The van der Waals surface area contributed by atoms with E-state index in [1.807, 2.05) is 0 Å². The molecule has 2 unspecified atom stereocenters. The van der Waals surface area contributed by atoms with Crippen LogP contribution >= 0.6 is 0 Å². The third-order valence-corrected chi connectivity index (χ3v) is 4.12. The van der Waals surface area contributed by atoms with Crippen molar-refractivity contribution in [3.63, 3.8) is 0 Å². The van der Waals surface area contributed by atoms with Gasteiger partial charge in [0.2, 0.25) is 0 Å². The van der Waals surface area contributed by atoms with Crippen LogP contribution in [0.5, 0.6) is 0 Å². The monoisotopic (exact) mass is 225 g/mol. The van der Waals surface area contributed by atoms with Crippen molar-refractivity contribution in [1.29, 1.82) is 0 Å². The van der Waals surface area contributed by atoms with Crippen LogP contribution in [0, 0.1) is 11.8 Å². The van der Waals surface area contributed by atoms with E-state index in [4.69, 9.17) is 10.5 Å². The van der Waals surface area contributed by atoms with Crippen LogP contribution < -0.4 is 5.73 Å². The van der Waals surface area contributed by atoms with Gasteiger partial charge in [-0.05, 0) is 31.6 Å². The maximum absolute atomic E-state index is 12.4. The molecule has 2 aliphatic rings. The molecule has 16 heavy (non-hydrogen) atoms. The molecular formula is C13H23NO2. The van der Waals surface area contributed by atoms with Crippen LogP contribution in [0.1, 0.15) is 45.4 Å². The Hall–Kier alpha value is -0.410. The predicted octanol–water partition coefficient (Wildman–Crippen LogP) is 1.89. The van der Waals surface area contributed by atoms with Crippen molar-refractivity contribution < 1.29 is 9.53 Å². The van der Waals surface area contributed by atoms with Gasteiger partial charge in [0.25, 0.3) is 0 Å². The Balaban J connectivity index is 2.01. The second-order valence-electron chi connectivity index (χ2n) is 5.61. The number of hydrogen-bond donors (Lipinski definition) is 1. The summed E-state index contributed by atoms with van der Waals surface area (Å²) in [6.07, 6.45) is 5.82. The van der Waals surface area contributed by atoms with Gasteiger partial charge in [-0.2, -0.15) is 0 Å². The molecule has 3 heteroatoms. The third-order valence-electron chi connectivity index (χ3n) is 4.12. The van der Waals surface area contributed by atoms with E-state index in [9.17, 15) is 4.79 Å². The van der Waals surface area contributed by atoms with Gasteiger partial charge in [0.05, 0.1) is 5.54 Å². The molecule has 0 amide bonds. The molecule has 0 aromatic heterocycles. The lowest BCUT2D eigenvalue weighted by molar-refractivity contribution is -0.132. The molecule has 1 heterocycles. The molecule has 0 spiro atoms. The van der Waals surface area contributed by atoms with Gasteiger partial charge in [-0.3, -0.25) is 4.79 Å². The first-order valence-corrected chi connectivity index (χ1v) is 6.53. The van der Waals surface area contributed by atoms with Crippen LogP contribution in [-0.2, 0) is 9.53 Å². The number of carbonyl (C=O) groups excluding carboxylic acids is 1. The van der Waals surface area contributed by atoms with E-state index in [-0.39, 0.29) is 5.92 Å². The fourth-order valence-electron chi connectivity index (χ4n) is 3.18. The van der Waals surface area contributed by atoms with Crippen LogP contribution in [0.3, 0.4) is 0 Å². The van der Waals surface area contributed by atoms with E-state index in [1.54, 1.807) is 0 Å². The van der Waals surface area contributed by atoms with E-state index in [0.717, 1.165) is 45.3 Å². The molecule has 3 nitrogen and oxygen atoms in total. The van der Waals surface area contributed by atoms with Crippen molar-refractivity contribution in [3.8, 4) is 0 Å². The predicted molar refractivity (Wildman–Crippen MR) is 63.1 cm³/mol. The van der Waals surface area contributed by atoms with Gasteiger partial charge in [-0.25, -0.2) is 0 Å². The van der Waals surface area contributed by atoms with E-state index in [0.29, 0.717) is 11.7 Å². The minimum absolute atomic E-state index is 0.157. The van der Waals surface area contributed by atoms with Gasteiger partial charge in [-0.1, -0.05) is 19.8 Å². The van der Waals surface area contributed by atoms with Crippen molar-refractivity contribution in [3.05, 3.63) is 0 Å². The standard InChI is InChI=1S/C13H23NO2/c1-10-3-2-6-13(14,9-10)12(15)11-4-7-16-8-5-11/h10-11H,2-9,14H2,1H3. The molecular weight excluding hydrogens is 202 g/mol. The fraction of sp³-hybridized carbons (Fsp3) is 0.923. The summed E-state index contributed by atoms with van der Waals surface area (Å²) in [4.78, 5) is 12.4. The summed E-state index contributed by atoms with van der Waals surface area (Å²) >= 11 is 0. The second kappa shape index (κ2) is 4.84. The molecule has 0 aromatic carbocycles. The van der Waals surface area contributed by atoms with Crippen LogP contribution in [0.4, 0.5) is 0 Å². The summed E-state index contributed by atoms with van der Waals surface area (Å²) in [5.41, 5.74) is 5.81. The number of Topliss-reactive ketones (excluding diaryl/α,β-unsaturated/α-hetero) is 1. The molecule has 0 aromatic rings. The number of ether oxygens (including phenoxy) is 1. The summed E-state index contributed by atoms with van der Waals surface area (Å²) in [6.45, 7) is 3.65. The largest absolute Gasteiger partial charge is 0.381 e. The number of hydrogen-bond acceptors (Lipinski definition) is 3. The summed E-state index contributed by atoms with van der Waals surface area (Å²) < 4.78 is 5.30. The summed E-state index contributed by atoms with van der Waals surface area (Å²) in [5.74, 6) is 1.06. The topological polar surface area (TPSA) is 52.3 Å². The van der Waals surface area contributed by atoms with Gasteiger partial charge in [0, 0.05) is 19.1 Å². The van der Waals surface area contributed by atoms with E-state index in [1.165, 1.54) is 6.42 Å². The zero-order valence-electron chi connectivity index (χ0n) is 10.2. The molecule has 2 fully saturated rings. The highest BCUT2D eigenvalue weighted by atomic mass is 16.5. The highest BCUT2D eigenvalue weighted by molar-refractivity contribution is 5.90. The number of carbonyl (C=O) groups is 1. The van der Waals surface area contributed by atoms with Gasteiger partial charge < -0.3 is 10.5 Å². The van der Waals surface area contributed by atoms with Crippen molar-refractivity contribution in [2.75, 3.05) is 13.2 Å². The summed E-state index contributed by atoms with van der Waals surface area (Å²) in [5, 5.41) is 0. The van der Waals surface area contributed by atoms with Crippen LogP contribution in [0.2, 0.25) is 0 Å². The zero-order valence-corrected chi connectivity index (χ0v) is 10.2. The lowest BCUT2D eigenvalue weighted by atomic mass is 9.70. The van der Waals surface area contributed by atoms with Crippen LogP contribution in [0.25, 0.3) is 0 Å². The Kier molecular flexibility index (Phi) is 3.65. The Morgan fingerprint density at radius 2 is 2.00 bits per heavy atom. The molecule has 92 valence electrons. The van der Waals surface area contributed by atoms with Crippen molar-refractivity contribution in [2.45, 2.75) is 51.0 Å². The molecule has 1 saturated carbocycles. The van der Waals surface area contributed by atoms with Gasteiger partial charge in [-0.15, -0.1) is 0 Å². The lowest BCUT2D eigenvalue weighted by Gasteiger charge is -2.38. The maximum atomic E-state index is 12.4. The quantitative estimate of drug-likeness (QED) is 0.780. The normalized spacial score (nSPS) is 37.2. The van der Waals surface area contributed by atoms with Gasteiger partial charge in [0.15, 0.2) is 5.78 Å². The average Bonchev–Trinajstić information content (AvgIpc) is 2.29. The van der Waals surface area contributed by atoms with Crippen LogP contribution in [-0.4, -0.2) is 24.5 Å². The smallest absolute Gasteiger partial charge is 0.155 e. The zero-order chi connectivity index (χ0) is 11.6. The second-order valence-corrected chi connectivity index (χ2v) is 5.61. The first-order valence-electron chi connectivity index (χ1n) is 6.53. The lowest BCUT2D eigenvalue weighted by Crippen LogP contribution is -2.54. The fourth-order valence-corrected chi connectivity index (χ4v) is 3.18. The number of nitrogens with two attached hydrogens (primary N) is 1. The number of rotatable bonds is 2. The minimum atomic E-state index is -0.528. The third kappa shape index (κ3) is 2.46. The highest BCUT2D eigenvalue weighted by Gasteiger charge is 2.41. The Morgan fingerprint density at radius 1 is 1.31 bits per heavy atom. The van der Waals surface area contributed by atoms with Crippen molar-refractivity contribution in [1.82, 2.24) is 0 Å². The molecule has 2 N–H and O–H groups in total. The molecule has 0 bridgehead atoms. The van der Waals surface area contributed by atoms with E-state index >= 15 is 0 Å². The maximum Gasteiger partial charge on any atom is 0.155 e. The molecule has 1 aliphatic heterocycles. The van der Waals surface area contributed by atoms with Crippen LogP contribution in [0.15, 0.2) is 0 Å². The Labute approximate surface area is 97.7 Å². The average molecular weight is 225 g/mol. The minimum Gasteiger partial charge on any atom is -0.381 e. The first-order chi connectivity index (χ1) is 7.62. The molecule has 0 radical (unpaired) electrons. The van der Waals surface area contributed by atoms with E-state index in [2.05, 4.69) is 6.92 Å². The molecule has 2 rings (SSSR count). The summed E-state index contributed by atoms with van der Waals surface area (Å²) in [7, 11) is 0. The SMILES string of the molecule is CC1CCCC(N)(C(=O)C2CCOCC2)C1. The van der Waals surface area contributed by atoms with Gasteiger partial charge in [0.1, 0.15) is 0 Å². The van der Waals surface area contributed by atoms with Crippen molar-refractivity contribution in [2.24, 2.45) is 17.6 Å². The molecule has 2 atom stereocenters. The number of ketones is 1. The first kappa shape index (κ1) is 12.1. The molecule has 1 aliphatic carbocycles. The van der Waals surface area contributed by atoms with E-state index < -0.39 is 5.54 Å². The molecule has 1 saturated heterocycles.